The zero-order chi connectivity index (χ0) is 22.3. The highest BCUT2D eigenvalue weighted by atomic mass is 35.5. The summed E-state index contributed by atoms with van der Waals surface area (Å²) in [6, 6.07) is 9.19. The van der Waals surface area contributed by atoms with E-state index in [1.165, 1.54) is 36.6 Å². The number of thiophene rings is 1. The van der Waals surface area contributed by atoms with Gasteiger partial charge in [0.1, 0.15) is 29.2 Å². The van der Waals surface area contributed by atoms with Crippen LogP contribution in [0.5, 0.6) is 5.75 Å². The van der Waals surface area contributed by atoms with Gasteiger partial charge in [-0.15, -0.1) is 11.3 Å². The van der Waals surface area contributed by atoms with E-state index in [0.717, 1.165) is 23.1 Å². The van der Waals surface area contributed by atoms with E-state index in [4.69, 9.17) is 16.3 Å². The molecule has 5 nitrogen and oxygen atoms in total. The van der Waals surface area contributed by atoms with Crippen LogP contribution < -0.4 is 9.64 Å². The normalized spacial score (nSPS) is 17.9. The van der Waals surface area contributed by atoms with Gasteiger partial charge in [0.25, 0.3) is 11.7 Å². The summed E-state index contributed by atoms with van der Waals surface area (Å²) in [4.78, 5) is 27.3. The number of methoxy groups -OCH3 is 1. The predicted octanol–water partition coefficient (Wildman–Crippen LogP) is 5.31. The smallest absolute Gasteiger partial charge is 0.300 e. The topological polar surface area (TPSA) is 66.8 Å². The van der Waals surface area contributed by atoms with Crippen LogP contribution in [0.4, 0.5) is 14.5 Å². The van der Waals surface area contributed by atoms with E-state index in [-0.39, 0.29) is 21.9 Å². The molecule has 0 radical (unpaired) electrons. The Morgan fingerprint density at radius 3 is 2.61 bits per heavy atom. The number of rotatable bonds is 4. The zero-order valence-corrected chi connectivity index (χ0v) is 17.5. The second kappa shape index (κ2) is 8.13. The molecule has 1 aromatic heterocycles. The van der Waals surface area contributed by atoms with Crippen LogP contribution in [0.2, 0.25) is 5.02 Å². The Labute approximate surface area is 184 Å². The number of halogens is 3. The molecule has 0 bridgehead atoms. The maximum absolute atomic E-state index is 14.6. The summed E-state index contributed by atoms with van der Waals surface area (Å²) >= 11 is 7.24. The first kappa shape index (κ1) is 21.0. The molecule has 1 atom stereocenters. The quantitative estimate of drug-likeness (QED) is 0.324. The fourth-order valence-corrected chi connectivity index (χ4v) is 4.47. The lowest BCUT2D eigenvalue weighted by Crippen LogP contribution is -2.30. The molecule has 4 rings (SSSR count). The molecule has 1 amide bonds. The van der Waals surface area contributed by atoms with Crippen molar-refractivity contribution in [3.05, 3.63) is 86.6 Å². The zero-order valence-electron chi connectivity index (χ0n) is 15.9. The van der Waals surface area contributed by atoms with Crippen LogP contribution >= 0.6 is 22.9 Å². The Hall–Kier alpha value is -3.23. The fraction of sp³-hybridized carbons (Fsp3) is 0.0909. The molecule has 1 fully saturated rings. The minimum absolute atomic E-state index is 0.0919. The van der Waals surface area contributed by atoms with Crippen molar-refractivity contribution in [1.29, 1.82) is 0 Å². The van der Waals surface area contributed by atoms with Crippen molar-refractivity contribution in [3.8, 4) is 5.75 Å². The number of benzene rings is 2. The van der Waals surface area contributed by atoms with E-state index in [2.05, 4.69) is 0 Å². The highest BCUT2D eigenvalue weighted by molar-refractivity contribution is 7.10. The molecular formula is C22H14ClF2NO4S. The van der Waals surface area contributed by atoms with Gasteiger partial charge in [-0.1, -0.05) is 17.7 Å². The number of anilines is 1. The summed E-state index contributed by atoms with van der Waals surface area (Å²) in [6.45, 7) is 0. The van der Waals surface area contributed by atoms with Crippen molar-refractivity contribution in [2.24, 2.45) is 0 Å². The van der Waals surface area contributed by atoms with Gasteiger partial charge in [0.2, 0.25) is 0 Å². The van der Waals surface area contributed by atoms with Crippen molar-refractivity contribution in [1.82, 2.24) is 0 Å². The van der Waals surface area contributed by atoms with E-state index >= 15 is 0 Å². The van der Waals surface area contributed by atoms with E-state index in [0.29, 0.717) is 4.88 Å². The van der Waals surface area contributed by atoms with Crippen LogP contribution in [0.15, 0.2) is 59.5 Å². The molecule has 1 aliphatic rings. The van der Waals surface area contributed by atoms with E-state index in [1.54, 1.807) is 17.5 Å². The number of aliphatic hydroxyl groups excluding tert-OH is 1. The first-order chi connectivity index (χ1) is 14.8. The number of Topliss-reactive ketones (excluding diaryl/α,β-unsaturated/α-hetero) is 1. The van der Waals surface area contributed by atoms with Crippen LogP contribution in [0, 0.1) is 11.6 Å². The van der Waals surface area contributed by atoms with Crippen LogP contribution in [-0.2, 0) is 9.59 Å². The van der Waals surface area contributed by atoms with Crippen molar-refractivity contribution >= 4 is 46.1 Å². The summed E-state index contributed by atoms with van der Waals surface area (Å²) in [6.07, 6.45) is 0. The summed E-state index contributed by atoms with van der Waals surface area (Å²) in [5.41, 5.74) is -0.594. The lowest BCUT2D eigenvalue weighted by atomic mass is 9.99. The molecule has 31 heavy (non-hydrogen) atoms. The number of hydrogen-bond donors (Lipinski definition) is 1. The predicted molar refractivity (Wildman–Crippen MR) is 113 cm³/mol. The molecule has 0 spiro atoms. The van der Waals surface area contributed by atoms with Gasteiger partial charge in [-0.3, -0.25) is 14.5 Å². The third-order valence-electron chi connectivity index (χ3n) is 4.84. The van der Waals surface area contributed by atoms with Crippen molar-refractivity contribution in [3.63, 3.8) is 0 Å². The van der Waals surface area contributed by atoms with Gasteiger partial charge in [-0.2, -0.15) is 0 Å². The minimum Gasteiger partial charge on any atom is -0.507 e. The first-order valence-corrected chi connectivity index (χ1v) is 10.2. The molecule has 1 aliphatic heterocycles. The lowest BCUT2D eigenvalue weighted by molar-refractivity contribution is -0.132. The molecule has 1 unspecified atom stereocenters. The average Bonchev–Trinajstić information content (AvgIpc) is 3.36. The van der Waals surface area contributed by atoms with Crippen molar-refractivity contribution in [2.75, 3.05) is 12.0 Å². The number of amides is 1. The van der Waals surface area contributed by atoms with Crippen LogP contribution in [0.25, 0.3) is 5.76 Å². The maximum atomic E-state index is 14.6. The molecule has 2 aromatic carbocycles. The van der Waals surface area contributed by atoms with Gasteiger partial charge in [0, 0.05) is 16.0 Å². The fourth-order valence-electron chi connectivity index (χ4n) is 3.48. The molecule has 158 valence electrons. The molecule has 9 heteroatoms. The third-order valence-corrected chi connectivity index (χ3v) is 6.00. The molecule has 1 saturated heterocycles. The minimum atomic E-state index is -1.17. The molecule has 1 N–H and O–H groups in total. The Morgan fingerprint density at radius 2 is 1.94 bits per heavy atom. The standard InChI is InChI=1S/C22H14ClF2NO4S/c1-30-16-7-4-11(23)9-13(16)20(27)18-19(17-3-2-8-31-17)26(22(29)21(18)28)15-10-12(24)5-6-14(15)25/h2-10,19,27H,1H3/b20-18-. The summed E-state index contributed by atoms with van der Waals surface area (Å²) in [7, 11) is 1.37. The van der Waals surface area contributed by atoms with Gasteiger partial charge in [-0.25, -0.2) is 8.78 Å². The number of carbonyl (C=O) groups excluding carboxylic acids is 2. The Kier molecular flexibility index (Phi) is 5.51. The highest BCUT2D eigenvalue weighted by Crippen LogP contribution is 2.45. The number of hydrogen-bond acceptors (Lipinski definition) is 5. The Bertz CT molecular complexity index is 1230. The largest absolute Gasteiger partial charge is 0.507 e. The first-order valence-electron chi connectivity index (χ1n) is 8.97. The number of ether oxygens (including phenoxy) is 1. The maximum Gasteiger partial charge on any atom is 0.300 e. The van der Waals surface area contributed by atoms with Crippen LogP contribution in [0.1, 0.15) is 16.5 Å². The SMILES string of the molecule is COc1ccc(Cl)cc1/C(O)=C1/C(=O)C(=O)N(c2cc(F)ccc2F)C1c1cccs1. The van der Waals surface area contributed by atoms with E-state index < -0.39 is 40.8 Å². The molecule has 0 saturated carbocycles. The van der Waals surface area contributed by atoms with Gasteiger partial charge >= 0.3 is 0 Å². The van der Waals surface area contributed by atoms with Crippen LogP contribution in [-0.4, -0.2) is 23.9 Å². The average molecular weight is 462 g/mol. The van der Waals surface area contributed by atoms with Gasteiger partial charge in [-0.05, 0) is 41.8 Å². The van der Waals surface area contributed by atoms with Gasteiger partial charge < -0.3 is 9.84 Å². The lowest BCUT2D eigenvalue weighted by Gasteiger charge is -2.24. The van der Waals surface area contributed by atoms with Gasteiger partial charge in [0.15, 0.2) is 0 Å². The summed E-state index contributed by atoms with van der Waals surface area (Å²) in [5.74, 6) is -4.11. The van der Waals surface area contributed by atoms with E-state index in [1.807, 2.05) is 0 Å². The second-order valence-electron chi connectivity index (χ2n) is 6.62. The number of ketones is 1. The Morgan fingerprint density at radius 1 is 1.16 bits per heavy atom. The summed E-state index contributed by atoms with van der Waals surface area (Å²) < 4.78 is 33.7. The second-order valence-corrected chi connectivity index (χ2v) is 8.04. The van der Waals surface area contributed by atoms with Crippen molar-refractivity contribution < 1.29 is 28.2 Å². The van der Waals surface area contributed by atoms with Gasteiger partial charge in [0.05, 0.1) is 23.9 Å². The number of carbonyl (C=O) groups is 2. The molecule has 0 aliphatic carbocycles. The molecule has 3 aromatic rings. The van der Waals surface area contributed by atoms with Crippen LogP contribution in [0.3, 0.4) is 0 Å². The summed E-state index contributed by atoms with van der Waals surface area (Å²) in [5, 5.41) is 13.1. The van der Waals surface area contributed by atoms with E-state index in [9.17, 15) is 23.5 Å². The molecular weight excluding hydrogens is 448 g/mol. The highest BCUT2D eigenvalue weighted by Gasteiger charge is 2.48. The number of aliphatic hydroxyl groups is 1. The Balaban J connectivity index is 1.99. The molecule has 2 heterocycles. The van der Waals surface area contributed by atoms with Crippen molar-refractivity contribution in [2.45, 2.75) is 6.04 Å². The third kappa shape index (κ3) is 3.58. The monoisotopic (exact) mass is 461 g/mol. The number of nitrogens with zero attached hydrogens (tertiary/aromatic N) is 1.